The lowest BCUT2D eigenvalue weighted by atomic mass is 9.89. The van der Waals surface area contributed by atoms with Crippen LogP contribution in [0, 0.1) is 0 Å². The Kier molecular flexibility index (Phi) is 4.33. The second-order valence-corrected chi connectivity index (χ2v) is 8.56. The number of hydrogen-bond donors (Lipinski definition) is 0. The molecule has 1 atom stereocenters. The number of carbonyl (C=O) groups excluding carboxylic acids is 2. The summed E-state index contributed by atoms with van der Waals surface area (Å²) in [5.41, 5.74) is 0.811. The molecule has 5 nitrogen and oxygen atoms in total. The van der Waals surface area contributed by atoms with E-state index < -0.39 is 25.7 Å². The normalized spacial score (nSPS) is 22.3. The third-order valence-corrected chi connectivity index (χ3v) is 4.93. The monoisotopic (exact) mass is 349 g/mol. The Balaban J connectivity index is 2.29. The first-order valence-electron chi connectivity index (χ1n) is 6.21. The summed E-state index contributed by atoms with van der Waals surface area (Å²) in [5, 5.41) is 0. The Morgan fingerprint density at radius 2 is 1.86 bits per heavy atom. The van der Waals surface area contributed by atoms with Gasteiger partial charge >= 0.3 is 0 Å². The fourth-order valence-corrected chi connectivity index (χ4v) is 3.35. The van der Waals surface area contributed by atoms with Crippen LogP contribution in [0.15, 0.2) is 24.3 Å². The van der Waals surface area contributed by atoms with E-state index in [1.165, 1.54) is 6.92 Å². The van der Waals surface area contributed by atoms with Crippen LogP contribution in [0.1, 0.15) is 29.3 Å². The van der Waals surface area contributed by atoms with Crippen LogP contribution in [0.3, 0.4) is 0 Å². The van der Waals surface area contributed by atoms with E-state index in [-0.39, 0.29) is 18.7 Å². The van der Waals surface area contributed by atoms with E-state index >= 15 is 0 Å². The van der Waals surface area contributed by atoms with Crippen LogP contribution >= 0.6 is 22.3 Å². The quantitative estimate of drug-likeness (QED) is 0.474. The molecule has 0 bridgehead atoms. The first-order chi connectivity index (χ1) is 9.64. The van der Waals surface area contributed by atoms with Crippen molar-refractivity contribution in [3.05, 3.63) is 35.4 Å². The molecule has 1 unspecified atom stereocenters. The van der Waals surface area contributed by atoms with Gasteiger partial charge in [0.05, 0.1) is 5.75 Å². The van der Waals surface area contributed by atoms with Gasteiger partial charge in [0.15, 0.2) is 0 Å². The summed E-state index contributed by atoms with van der Waals surface area (Å²) in [4.78, 5) is 24.3. The molecule has 21 heavy (non-hydrogen) atoms. The predicted octanol–water partition coefficient (Wildman–Crippen LogP) is 2.08. The Morgan fingerprint density at radius 3 is 2.48 bits per heavy atom. The Bertz CT molecular complexity index is 700. The van der Waals surface area contributed by atoms with E-state index in [4.69, 9.17) is 22.3 Å². The van der Waals surface area contributed by atoms with Gasteiger partial charge in [0.1, 0.15) is 4.87 Å². The van der Waals surface area contributed by atoms with E-state index in [1.54, 1.807) is 24.3 Å². The van der Waals surface area contributed by atoms with Crippen molar-refractivity contribution in [3.8, 4) is 0 Å². The van der Waals surface area contributed by atoms with Crippen molar-refractivity contribution in [1.29, 1.82) is 0 Å². The molecule has 114 valence electrons. The van der Waals surface area contributed by atoms with Gasteiger partial charge in [-0.05, 0) is 25.0 Å². The van der Waals surface area contributed by atoms with Crippen LogP contribution < -0.4 is 0 Å². The molecule has 1 aromatic carbocycles. The lowest BCUT2D eigenvalue weighted by molar-refractivity contribution is -0.131. The van der Waals surface area contributed by atoms with Crippen molar-refractivity contribution >= 4 is 43.1 Å². The molecular formula is C13H13Cl2NO4S. The number of alkyl halides is 1. The zero-order chi connectivity index (χ0) is 15.8. The molecule has 1 aromatic rings. The molecule has 0 spiro atoms. The minimum absolute atomic E-state index is 0.0414. The third-order valence-electron chi connectivity index (χ3n) is 3.33. The van der Waals surface area contributed by atoms with E-state index in [0.717, 1.165) is 4.90 Å². The van der Waals surface area contributed by atoms with E-state index in [9.17, 15) is 18.0 Å². The molecule has 1 aliphatic rings. The van der Waals surface area contributed by atoms with E-state index in [0.29, 0.717) is 11.1 Å². The van der Waals surface area contributed by atoms with E-state index in [2.05, 4.69) is 0 Å². The maximum absolute atomic E-state index is 12.4. The standard InChI is InChI=1S/C13H13Cl2NO4S/c1-13(14)10-6-3-2-5-9(10)11(17)16(12(13)18)7-4-8-21(15,19)20/h2-3,5-6H,4,7-8H2,1H3. The van der Waals surface area contributed by atoms with Crippen LogP contribution in [-0.2, 0) is 18.7 Å². The van der Waals surface area contributed by atoms with Crippen molar-refractivity contribution in [1.82, 2.24) is 4.90 Å². The Hall–Kier alpha value is -1.11. The second kappa shape index (κ2) is 5.59. The van der Waals surface area contributed by atoms with Crippen molar-refractivity contribution < 1.29 is 18.0 Å². The number of fused-ring (bicyclic) bond motifs is 1. The molecule has 1 aliphatic heterocycles. The molecule has 0 fully saturated rings. The molecule has 0 saturated heterocycles. The molecule has 0 aromatic heterocycles. The number of carbonyl (C=O) groups is 2. The minimum Gasteiger partial charge on any atom is -0.277 e. The molecule has 8 heteroatoms. The number of halogens is 2. The van der Waals surface area contributed by atoms with Gasteiger partial charge in [0.25, 0.3) is 11.8 Å². The Morgan fingerprint density at radius 1 is 1.24 bits per heavy atom. The number of nitrogens with zero attached hydrogens (tertiary/aromatic N) is 1. The highest BCUT2D eigenvalue weighted by Crippen LogP contribution is 2.37. The third kappa shape index (κ3) is 3.22. The molecule has 0 radical (unpaired) electrons. The summed E-state index contributed by atoms with van der Waals surface area (Å²) >= 11 is 6.29. The first-order valence-corrected chi connectivity index (χ1v) is 9.07. The average Bonchev–Trinajstić information content (AvgIpc) is 2.40. The molecule has 0 N–H and O–H groups in total. The van der Waals surface area contributed by atoms with Crippen LogP contribution in [0.4, 0.5) is 0 Å². The average molecular weight is 350 g/mol. The molecule has 2 rings (SSSR count). The summed E-state index contributed by atoms with van der Waals surface area (Å²) in [6.07, 6.45) is 0.0679. The summed E-state index contributed by atoms with van der Waals surface area (Å²) in [6, 6.07) is 6.62. The summed E-state index contributed by atoms with van der Waals surface area (Å²) in [7, 11) is 1.46. The topological polar surface area (TPSA) is 71.5 Å². The molecule has 0 aliphatic carbocycles. The molecule has 1 heterocycles. The number of rotatable bonds is 4. The molecule has 2 amide bonds. The maximum atomic E-state index is 12.4. The van der Waals surface area contributed by atoms with Gasteiger partial charge in [-0.3, -0.25) is 14.5 Å². The molecule has 0 saturated carbocycles. The van der Waals surface area contributed by atoms with Crippen molar-refractivity contribution in [2.45, 2.75) is 18.2 Å². The maximum Gasteiger partial charge on any atom is 0.260 e. The highest BCUT2D eigenvalue weighted by molar-refractivity contribution is 8.13. The predicted molar refractivity (Wildman–Crippen MR) is 79.9 cm³/mol. The zero-order valence-electron chi connectivity index (χ0n) is 11.2. The van der Waals surface area contributed by atoms with Crippen molar-refractivity contribution in [2.24, 2.45) is 0 Å². The fraction of sp³-hybridized carbons (Fsp3) is 0.385. The highest BCUT2D eigenvalue weighted by Gasteiger charge is 2.45. The fourth-order valence-electron chi connectivity index (χ4n) is 2.28. The highest BCUT2D eigenvalue weighted by atomic mass is 35.7. The van der Waals surface area contributed by atoms with Gasteiger partial charge in [-0.2, -0.15) is 0 Å². The minimum atomic E-state index is -3.66. The van der Waals surface area contributed by atoms with Gasteiger partial charge in [0, 0.05) is 22.8 Å². The zero-order valence-corrected chi connectivity index (χ0v) is 13.5. The lowest BCUT2D eigenvalue weighted by Crippen LogP contribution is -2.51. The number of amides is 2. The summed E-state index contributed by atoms with van der Waals surface area (Å²) in [6.45, 7) is 1.48. The summed E-state index contributed by atoms with van der Waals surface area (Å²) < 4.78 is 21.8. The van der Waals surface area contributed by atoms with Crippen molar-refractivity contribution in [3.63, 3.8) is 0 Å². The number of hydrogen-bond acceptors (Lipinski definition) is 4. The van der Waals surface area contributed by atoms with Crippen LogP contribution in [0.25, 0.3) is 0 Å². The van der Waals surface area contributed by atoms with Crippen molar-refractivity contribution in [2.75, 3.05) is 12.3 Å². The van der Waals surface area contributed by atoms with Gasteiger partial charge < -0.3 is 0 Å². The number of benzene rings is 1. The Labute approximate surface area is 132 Å². The molecular weight excluding hydrogens is 337 g/mol. The van der Waals surface area contributed by atoms with Crippen LogP contribution in [-0.4, -0.2) is 37.4 Å². The van der Waals surface area contributed by atoms with E-state index in [1.807, 2.05) is 0 Å². The van der Waals surface area contributed by atoms with Crippen LogP contribution in [0.5, 0.6) is 0 Å². The largest absolute Gasteiger partial charge is 0.277 e. The van der Waals surface area contributed by atoms with Gasteiger partial charge in [-0.25, -0.2) is 8.42 Å². The first kappa shape index (κ1) is 16.3. The van der Waals surface area contributed by atoms with Gasteiger partial charge in [0.2, 0.25) is 9.05 Å². The lowest BCUT2D eigenvalue weighted by Gasteiger charge is -2.35. The second-order valence-electron chi connectivity index (χ2n) is 4.91. The number of imide groups is 1. The summed E-state index contributed by atoms with van der Waals surface area (Å²) in [5.74, 6) is -1.34. The smallest absolute Gasteiger partial charge is 0.260 e. The van der Waals surface area contributed by atoms with Gasteiger partial charge in [-0.1, -0.05) is 18.2 Å². The SMILES string of the molecule is CC1(Cl)C(=O)N(CCCS(=O)(=O)Cl)C(=O)c2ccccc21. The van der Waals surface area contributed by atoms with Gasteiger partial charge in [-0.15, -0.1) is 11.6 Å². The van der Waals surface area contributed by atoms with Crippen LogP contribution in [0.2, 0.25) is 0 Å².